The molecule has 1 fully saturated rings. The molecule has 1 atom stereocenters. The minimum Gasteiger partial charge on any atom is -0.379 e. The average molecular weight is 409 g/mol. The molecule has 1 saturated heterocycles. The molecule has 0 aliphatic carbocycles. The lowest BCUT2D eigenvalue weighted by Gasteiger charge is -2.34. The first-order valence-corrected chi connectivity index (χ1v) is 10.8. The van der Waals surface area contributed by atoms with Crippen molar-refractivity contribution >= 4 is 33.8 Å². The van der Waals surface area contributed by atoms with E-state index in [-0.39, 0.29) is 0 Å². The van der Waals surface area contributed by atoms with Gasteiger partial charge in [-0.15, -0.1) is 22.7 Å². The van der Waals surface area contributed by atoms with Crippen molar-refractivity contribution in [3.63, 3.8) is 0 Å². The standard InChI is InChI=1S/C18H28N6OS2/c1-19-17(20-11-14-13-27-18(22-14)23(2)3)21-12-15(16-5-4-10-26-16)24-6-8-25-9-7-24/h4-5,10,13,15H,6-9,11-12H2,1-3H3,(H2,19,20,21). The van der Waals surface area contributed by atoms with Crippen molar-refractivity contribution in [2.75, 3.05) is 58.9 Å². The van der Waals surface area contributed by atoms with Gasteiger partial charge in [0.05, 0.1) is 31.5 Å². The van der Waals surface area contributed by atoms with Gasteiger partial charge < -0.3 is 20.3 Å². The van der Waals surface area contributed by atoms with E-state index in [0.717, 1.165) is 49.6 Å². The maximum Gasteiger partial charge on any atom is 0.191 e. The van der Waals surface area contributed by atoms with Crippen LogP contribution in [0.5, 0.6) is 0 Å². The van der Waals surface area contributed by atoms with Gasteiger partial charge >= 0.3 is 0 Å². The SMILES string of the molecule is CN=C(NCc1csc(N(C)C)n1)NCC(c1cccs1)N1CCOCC1. The number of aliphatic imine (C=N–C) groups is 1. The maximum absolute atomic E-state index is 5.52. The van der Waals surface area contributed by atoms with Crippen molar-refractivity contribution in [3.05, 3.63) is 33.5 Å². The average Bonchev–Trinajstić information content (AvgIpc) is 3.37. The zero-order valence-corrected chi connectivity index (χ0v) is 17.8. The Hall–Kier alpha value is -1.68. The number of hydrogen-bond donors (Lipinski definition) is 2. The number of nitrogens with one attached hydrogen (secondary N) is 2. The van der Waals surface area contributed by atoms with Crippen LogP contribution in [0.25, 0.3) is 0 Å². The number of anilines is 1. The smallest absolute Gasteiger partial charge is 0.191 e. The molecule has 1 unspecified atom stereocenters. The number of rotatable bonds is 7. The fraction of sp³-hybridized carbons (Fsp3) is 0.556. The Morgan fingerprint density at radius 2 is 2.15 bits per heavy atom. The molecule has 2 aromatic rings. The largest absolute Gasteiger partial charge is 0.379 e. The molecular weight excluding hydrogens is 380 g/mol. The second-order valence-electron chi connectivity index (χ2n) is 6.50. The molecule has 9 heteroatoms. The van der Waals surface area contributed by atoms with Crippen LogP contribution >= 0.6 is 22.7 Å². The summed E-state index contributed by atoms with van der Waals surface area (Å²) in [4.78, 5) is 14.8. The van der Waals surface area contributed by atoms with Crippen molar-refractivity contribution in [2.45, 2.75) is 12.6 Å². The molecule has 1 aliphatic rings. The van der Waals surface area contributed by atoms with Crippen molar-refractivity contribution in [1.82, 2.24) is 20.5 Å². The lowest BCUT2D eigenvalue weighted by Crippen LogP contribution is -2.46. The second kappa shape index (κ2) is 10.0. The zero-order chi connectivity index (χ0) is 19.1. The normalized spacial score (nSPS) is 16.9. The van der Waals surface area contributed by atoms with Gasteiger partial charge in [-0.05, 0) is 11.4 Å². The summed E-state index contributed by atoms with van der Waals surface area (Å²) in [7, 11) is 5.82. The van der Waals surface area contributed by atoms with Crippen molar-refractivity contribution in [2.24, 2.45) is 4.99 Å². The minimum atomic E-state index is 0.326. The van der Waals surface area contributed by atoms with Crippen molar-refractivity contribution < 1.29 is 4.74 Å². The maximum atomic E-state index is 5.52. The highest BCUT2D eigenvalue weighted by Gasteiger charge is 2.23. The second-order valence-corrected chi connectivity index (χ2v) is 8.32. The van der Waals surface area contributed by atoms with Gasteiger partial charge in [-0.3, -0.25) is 9.89 Å². The monoisotopic (exact) mass is 408 g/mol. The first-order chi connectivity index (χ1) is 13.2. The highest BCUT2D eigenvalue weighted by Crippen LogP contribution is 2.25. The van der Waals surface area contributed by atoms with Crippen LogP contribution in [0.1, 0.15) is 16.6 Å². The fourth-order valence-corrected chi connectivity index (χ4v) is 4.57. The molecule has 0 spiro atoms. The van der Waals surface area contributed by atoms with Gasteiger partial charge in [0, 0.05) is 51.0 Å². The van der Waals surface area contributed by atoms with Gasteiger partial charge in [0.15, 0.2) is 11.1 Å². The fourth-order valence-electron chi connectivity index (χ4n) is 2.95. The van der Waals surface area contributed by atoms with E-state index in [1.165, 1.54) is 4.88 Å². The number of ether oxygens (including phenoxy) is 1. The van der Waals surface area contributed by atoms with Gasteiger partial charge in [0.1, 0.15) is 0 Å². The van der Waals surface area contributed by atoms with E-state index in [9.17, 15) is 0 Å². The van der Waals surface area contributed by atoms with Gasteiger partial charge in [-0.2, -0.15) is 0 Å². The third kappa shape index (κ3) is 5.65. The van der Waals surface area contributed by atoms with Crippen LogP contribution in [-0.2, 0) is 11.3 Å². The third-order valence-electron chi connectivity index (χ3n) is 4.40. The van der Waals surface area contributed by atoms with E-state index in [4.69, 9.17) is 4.74 Å². The van der Waals surface area contributed by atoms with Crippen LogP contribution in [0.3, 0.4) is 0 Å². The molecule has 2 aromatic heterocycles. The molecule has 3 heterocycles. The van der Waals surface area contributed by atoms with Gasteiger partial charge in [-0.1, -0.05) is 6.07 Å². The Labute approximate surface area is 169 Å². The summed E-state index contributed by atoms with van der Waals surface area (Å²) >= 11 is 3.45. The van der Waals surface area contributed by atoms with Crippen LogP contribution in [0.4, 0.5) is 5.13 Å². The zero-order valence-electron chi connectivity index (χ0n) is 16.1. The third-order valence-corrected chi connectivity index (χ3v) is 6.43. The van der Waals surface area contributed by atoms with Crippen LogP contribution < -0.4 is 15.5 Å². The number of nitrogens with zero attached hydrogens (tertiary/aromatic N) is 4. The predicted molar refractivity (Wildman–Crippen MR) is 114 cm³/mol. The molecule has 0 bridgehead atoms. The van der Waals surface area contributed by atoms with Gasteiger partial charge in [-0.25, -0.2) is 4.98 Å². The molecule has 27 heavy (non-hydrogen) atoms. The minimum absolute atomic E-state index is 0.326. The van der Waals surface area contributed by atoms with Crippen molar-refractivity contribution in [3.8, 4) is 0 Å². The Morgan fingerprint density at radius 1 is 1.33 bits per heavy atom. The summed E-state index contributed by atoms with van der Waals surface area (Å²) in [5.74, 6) is 0.796. The lowest BCUT2D eigenvalue weighted by molar-refractivity contribution is 0.0177. The Bertz CT molecular complexity index is 709. The number of thiophene rings is 1. The van der Waals surface area contributed by atoms with Crippen molar-refractivity contribution in [1.29, 1.82) is 0 Å². The van der Waals surface area contributed by atoms with E-state index >= 15 is 0 Å². The molecule has 2 N–H and O–H groups in total. The number of hydrogen-bond acceptors (Lipinski definition) is 7. The molecule has 148 valence electrons. The highest BCUT2D eigenvalue weighted by molar-refractivity contribution is 7.13. The Morgan fingerprint density at radius 3 is 2.78 bits per heavy atom. The van der Waals surface area contributed by atoms with E-state index in [1.54, 1.807) is 29.7 Å². The molecule has 3 rings (SSSR count). The van der Waals surface area contributed by atoms with Crippen LogP contribution in [-0.4, -0.2) is 69.8 Å². The predicted octanol–water partition coefficient (Wildman–Crippen LogP) is 2.01. The van der Waals surface area contributed by atoms with Crippen LogP contribution in [0, 0.1) is 0 Å². The molecule has 0 saturated carbocycles. The van der Waals surface area contributed by atoms with E-state index in [0.29, 0.717) is 12.6 Å². The summed E-state index contributed by atoms with van der Waals surface area (Å²) in [6.07, 6.45) is 0. The van der Waals surface area contributed by atoms with Crippen LogP contribution in [0.15, 0.2) is 27.9 Å². The van der Waals surface area contributed by atoms with E-state index in [2.05, 4.69) is 48.4 Å². The molecule has 7 nitrogen and oxygen atoms in total. The number of guanidine groups is 1. The highest BCUT2D eigenvalue weighted by atomic mass is 32.1. The summed E-state index contributed by atoms with van der Waals surface area (Å²) in [5, 5.41) is 12.1. The summed E-state index contributed by atoms with van der Waals surface area (Å²) in [5.41, 5.74) is 1.02. The van der Waals surface area contributed by atoms with Gasteiger partial charge in [0.2, 0.25) is 0 Å². The van der Waals surface area contributed by atoms with E-state index in [1.807, 2.05) is 19.0 Å². The summed E-state index contributed by atoms with van der Waals surface area (Å²) in [6.45, 7) is 4.98. The lowest BCUT2D eigenvalue weighted by atomic mass is 10.2. The molecule has 1 aliphatic heterocycles. The summed E-state index contributed by atoms with van der Waals surface area (Å²) < 4.78 is 5.52. The summed E-state index contributed by atoms with van der Waals surface area (Å²) in [6, 6.07) is 4.65. The number of morpholine rings is 1. The molecular formula is C18H28N6OS2. The quantitative estimate of drug-likeness (QED) is 0.540. The Kier molecular flexibility index (Phi) is 7.45. The number of aromatic nitrogens is 1. The first kappa shape index (κ1) is 20.1. The van der Waals surface area contributed by atoms with Crippen LogP contribution in [0.2, 0.25) is 0 Å². The molecule has 0 amide bonds. The first-order valence-electron chi connectivity index (χ1n) is 9.09. The molecule has 0 radical (unpaired) electrons. The van der Waals surface area contributed by atoms with Gasteiger partial charge in [0.25, 0.3) is 0 Å². The Balaban J connectivity index is 1.55. The topological polar surface area (TPSA) is 65.0 Å². The number of thiazole rings is 1. The van der Waals surface area contributed by atoms with E-state index < -0.39 is 0 Å². The molecule has 0 aromatic carbocycles.